The number of rotatable bonds is 2. The molecule has 0 atom stereocenters. The van der Waals surface area contributed by atoms with Gasteiger partial charge < -0.3 is 5.32 Å². The summed E-state index contributed by atoms with van der Waals surface area (Å²) < 4.78 is 3.99. The van der Waals surface area contributed by atoms with Gasteiger partial charge in [0, 0.05) is 0 Å². The van der Waals surface area contributed by atoms with Gasteiger partial charge in [0.15, 0.2) is 0 Å². The van der Waals surface area contributed by atoms with Crippen molar-refractivity contribution in [2.24, 2.45) is 0 Å². The van der Waals surface area contributed by atoms with Crippen LogP contribution >= 0.6 is 35.8 Å². The van der Waals surface area contributed by atoms with Gasteiger partial charge in [-0.2, -0.15) is 9.64 Å². The van der Waals surface area contributed by atoms with E-state index in [1.54, 1.807) is 6.07 Å². The van der Waals surface area contributed by atoms with E-state index in [0.717, 1.165) is 5.69 Å². The molecule has 0 aliphatic rings. The van der Waals surface area contributed by atoms with Gasteiger partial charge in [0.2, 0.25) is 0 Å². The minimum Gasteiger partial charge on any atom is -0.344 e. The molecule has 1 aromatic carbocycles. The molecule has 0 radical (unpaired) electrons. The highest BCUT2D eigenvalue weighted by Gasteiger charge is 2.11. The number of nitriles is 1. The van der Waals surface area contributed by atoms with Crippen molar-refractivity contribution in [3.05, 3.63) is 34.9 Å². The van der Waals surface area contributed by atoms with E-state index in [4.69, 9.17) is 16.9 Å². The number of nitrogens with zero attached hydrogens (tertiary/aromatic N) is 2. The first-order chi connectivity index (χ1) is 7.72. The molecule has 3 nitrogen and oxygen atoms in total. The average molecular weight is 268 g/mol. The Labute approximate surface area is 107 Å². The Bertz CT molecular complexity index is 559. The number of hydrogen-bond donors (Lipinski definition) is 2. The SMILES string of the molecule is N#Cc1c(S)nsc1Nc1ccccc1Cl. The normalized spacial score (nSPS) is 9.81. The van der Waals surface area contributed by atoms with Crippen LogP contribution in [-0.4, -0.2) is 4.37 Å². The van der Waals surface area contributed by atoms with Crippen molar-refractivity contribution in [1.82, 2.24) is 4.37 Å². The van der Waals surface area contributed by atoms with Crippen molar-refractivity contribution >= 4 is 46.5 Å². The summed E-state index contributed by atoms with van der Waals surface area (Å²) in [4.78, 5) is 0. The molecule has 16 heavy (non-hydrogen) atoms. The number of para-hydroxylation sites is 1. The van der Waals surface area contributed by atoms with Crippen LogP contribution < -0.4 is 5.32 Å². The maximum atomic E-state index is 8.93. The fourth-order valence-electron chi connectivity index (χ4n) is 1.15. The molecule has 1 heterocycles. The van der Waals surface area contributed by atoms with Crippen molar-refractivity contribution in [3.8, 4) is 6.07 Å². The summed E-state index contributed by atoms with van der Waals surface area (Å²) in [6.07, 6.45) is 0. The standard InChI is InChI=1S/C10H6ClN3S2/c11-7-3-1-2-4-8(7)13-10-6(5-12)9(15)14-16-10/h1-4,13H,(H,14,15). The van der Waals surface area contributed by atoms with E-state index in [1.807, 2.05) is 24.3 Å². The number of halogens is 1. The number of hydrogen-bond acceptors (Lipinski definition) is 5. The average Bonchev–Trinajstić information content (AvgIpc) is 2.63. The summed E-state index contributed by atoms with van der Waals surface area (Å²) in [7, 11) is 0. The Morgan fingerprint density at radius 3 is 2.88 bits per heavy atom. The van der Waals surface area contributed by atoms with E-state index in [9.17, 15) is 0 Å². The quantitative estimate of drug-likeness (QED) is 0.816. The maximum Gasteiger partial charge on any atom is 0.133 e. The van der Waals surface area contributed by atoms with E-state index in [2.05, 4.69) is 22.3 Å². The zero-order valence-corrected chi connectivity index (χ0v) is 10.4. The highest BCUT2D eigenvalue weighted by atomic mass is 35.5. The monoisotopic (exact) mass is 267 g/mol. The lowest BCUT2D eigenvalue weighted by molar-refractivity contribution is 1.26. The molecule has 6 heteroatoms. The second-order valence-corrected chi connectivity index (χ2v) is 4.53. The van der Waals surface area contributed by atoms with Crippen molar-refractivity contribution in [3.63, 3.8) is 0 Å². The molecule has 2 aromatic rings. The third-order valence-corrected chi connectivity index (χ3v) is 3.46. The second kappa shape index (κ2) is 4.74. The number of benzene rings is 1. The third-order valence-electron chi connectivity index (χ3n) is 1.91. The molecule has 0 aliphatic heterocycles. The van der Waals surface area contributed by atoms with Crippen LogP contribution in [0.3, 0.4) is 0 Å². The minimum absolute atomic E-state index is 0.432. The summed E-state index contributed by atoms with van der Waals surface area (Å²) in [5.41, 5.74) is 1.19. The van der Waals surface area contributed by atoms with Crippen LogP contribution in [0.2, 0.25) is 5.02 Å². The lowest BCUT2D eigenvalue weighted by Gasteiger charge is -2.05. The lowest BCUT2D eigenvalue weighted by Crippen LogP contribution is -1.90. The van der Waals surface area contributed by atoms with Crippen molar-refractivity contribution in [1.29, 1.82) is 5.26 Å². The van der Waals surface area contributed by atoms with E-state index in [-0.39, 0.29) is 0 Å². The molecular formula is C10H6ClN3S2. The van der Waals surface area contributed by atoms with Crippen LogP contribution in [-0.2, 0) is 0 Å². The van der Waals surface area contributed by atoms with Gasteiger partial charge in [-0.1, -0.05) is 23.7 Å². The molecule has 0 aliphatic carbocycles. The molecule has 1 aromatic heterocycles. The molecule has 1 N–H and O–H groups in total. The van der Waals surface area contributed by atoms with Gasteiger partial charge >= 0.3 is 0 Å². The molecular weight excluding hydrogens is 262 g/mol. The molecule has 80 valence electrons. The Morgan fingerprint density at radius 2 is 2.19 bits per heavy atom. The van der Waals surface area contributed by atoms with Crippen LogP contribution in [0.4, 0.5) is 10.7 Å². The molecule has 0 saturated carbocycles. The van der Waals surface area contributed by atoms with E-state index < -0.39 is 0 Å². The Morgan fingerprint density at radius 1 is 1.44 bits per heavy atom. The summed E-state index contributed by atoms with van der Waals surface area (Å²) in [6, 6.07) is 9.37. The zero-order chi connectivity index (χ0) is 11.5. The van der Waals surface area contributed by atoms with Gasteiger partial charge in [0.25, 0.3) is 0 Å². The predicted octanol–water partition coefficient (Wildman–Crippen LogP) is 3.70. The molecule has 0 bridgehead atoms. The van der Waals surface area contributed by atoms with Crippen molar-refractivity contribution < 1.29 is 0 Å². The summed E-state index contributed by atoms with van der Waals surface area (Å²) >= 11 is 11.3. The van der Waals surface area contributed by atoms with Gasteiger partial charge in [0.1, 0.15) is 21.7 Å². The van der Waals surface area contributed by atoms with Crippen LogP contribution in [0.1, 0.15) is 5.56 Å². The highest BCUT2D eigenvalue weighted by Crippen LogP contribution is 2.32. The first-order valence-electron chi connectivity index (χ1n) is 4.32. The van der Waals surface area contributed by atoms with Gasteiger partial charge in [-0.15, -0.1) is 12.6 Å². The number of anilines is 2. The van der Waals surface area contributed by atoms with Crippen LogP contribution in [0.25, 0.3) is 0 Å². The third kappa shape index (κ3) is 2.14. The first kappa shape index (κ1) is 11.3. The number of thiol groups is 1. The molecule has 2 rings (SSSR count). The molecule has 0 unspecified atom stereocenters. The Kier molecular flexibility index (Phi) is 3.34. The lowest BCUT2D eigenvalue weighted by atomic mass is 10.3. The second-order valence-electron chi connectivity index (χ2n) is 2.93. The molecule has 0 spiro atoms. The number of aromatic nitrogens is 1. The van der Waals surface area contributed by atoms with Crippen LogP contribution in [0.5, 0.6) is 0 Å². The van der Waals surface area contributed by atoms with E-state index in [1.165, 1.54) is 11.5 Å². The zero-order valence-electron chi connectivity index (χ0n) is 7.94. The van der Waals surface area contributed by atoms with Gasteiger partial charge in [0.05, 0.1) is 10.7 Å². The molecule has 0 amide bonds. The summed E-state index contributed by atoms with van der Waals surface area (Å²) in [6.45, 7) is 0. The van der Waals surface area contributed by atoms with Crippen molar-refractivity contribution in [2.75, 3.05) is 5.32 Å². The predicted molar refractivity (Wildman–Crippen MR) is 68.8 cm³/mol. The van der Waals surface area contributed by atoms with Crippen LogP contribution in [0, 0.1) is 11.3 Å². The first-order valence-corrected chi connectivity index (χ1v) is 5.92. The summed E-state index contributed by atoms with van der Waals surface area (Å²) in [5, 5.41) is 13.7. The van der Waals surface area contributed by atoms with Gasteiger partial charge in [-0.3, -0.25) is 0 Å². The van der Waals surface area contributed by atoms with Crippen LogP contribution in [0.15, 0.2) is 29.3 Å². The summed E-state index contributed by atoms with van der Waals surface area (Å²) in [5.74, 6) is 0. The highest BCUT2D eigenvalue weighted by molar-refractivity contribution is 7.80. The van der Waals surface area contributed by atoms with Gasteiger partial charge in [-0.05, 0) is 23.7 Å². The Balaban J connectivity index is 2.35. The fourth-order valence-corrected chi connectivity index (χ4v) is 2.35. The topological polar surface area (TPSA) is 48.7 Å². The largest absolute Gasteiger partial charge is 0.344 e. The van der Waals surface area contributed by atoms with Gasteiger partial charge in [-0.25, -0.2) is 0 Å². The fraction of sp³-hybridized carbons (Fsp3) is 0. The molecule has 0 fully saturated rings. The van der Waals surface area contributed by atoms with Crippen molar-refractivity contribution in [2.45, 2.75) is 5.03 Å². The minimum atomic E-state index is 0.432. The maximum absolute atomic E-state index is 8.93. The molecule has 0 saturated heterocycles. The smallest absolute Gasteiger partial charge is 0.133 e. The Hall–Kier alpha value is -1.22. The van der Waals surface area contributed by atoms with E-state index in [0.29, 0.717) is 20.6 Å². The number of nitrogens with one attached hydrogen (secondary N) is 1. The van der Waals surface area contributed by atoms with E-state index >= 15 is 0 Å².